The smallest absolute Gasteiger partial charge is 0.266 e. The predicted octanol–water partition coefficient (Wildman–Crippen LogP) is 4.08. The highest BCUT2D eigenvalue weighted by Gasteiger charge is 2.25. The van der Waals surface area contributed by atoms with Crippen molar-refractivity contribution >= 4 is 13.3 Å². The van der Waals surface area contributed by atoms with Crippen LogP contribution < -0.4 is 9.83 Å². The van der Waals surface area contributed by atoms with Crippen LogP contribution in [0.4, 0.5) is 0 Å². The van der Waals surface area contributed by atoms with Crippen LogP contribution in [-0.2, 0) is 4.57 Å². The zero-order chi connectivity index (χ0) is 13.7. The lowest BCUT2D eigenvalue weighted by molar-refractivity contribution is 0.511. The van der Waals surface area contributed by atoms with Gasteiger partial charge < -0.3 is 4.52 Å². The second kappa shape index (κ2) is 4.25. The molecule has 2 aromatic carbocycles. The van der Waals surface area contributed by atoms with Crippen molar-refractivity contribution in [2.75, 3.05) is 0 Å². The van der Waals surface area contributed by atoms with E-state index in [0.29, 0.717) is 0 Å². The van der Waals surface area contributed by atoms with Crippen LogP contribution in [0, 0.1) is 27.7 Å². The lowest BCUT2D eigenvalue weighted by Crippen LogP contribution is -2.13. The second-order valence-electron chi connectivity index (χ2n) is 5.35. The lowest BCUT2D eigenvalue weighted by atomic mass is 9.94. The van der Waals surface area contributed by atoms with Gasteiger partial charge in [-0.2, -0.15) is 0 Å². The average molecular weight is 272 g/mol. The standard InChI is InChI=1S/C16H17O2P/c1-9-6-12(4)16-13(7-9)15-11(3)5-10(2)8-14(15)19(17)18-16/h5-8,19H,1-4H3. The summed E-state index contributed by atoms with van der Waals surface area (Å²) >= 11 is 0. The van der Waals surface area contributed by atoms with Crippen LogP contribution in [0.15, 0.2) is 24.3 Å². The van der Waals surface area contributed by atoms with E-state index in [4.69, 9.17) is 4.52 Å². The van der Waals surface area contributed by atoms with E-state index in [-0.39, 0.29) is 0 Å². The molecule has 1 heterocycles. The Morgan fingerprint density at radius 3 is 2.26 bits per heavy atom. The van der Waals surface area contributed by atoms with Crippen molar-refractivity contribution in [1.29, 1.82) is 0 Å². The van der Waals surface area contributed by atoms with Gasteiger partial charge >= 0.3 is 0 Å². The molecule has 0 spiro atoms. The van der Waals surface area contributed by atoms with Crippen LogP contribution >= 0.6 is 8.03 Å². The van der Waals surface area contributed by atoms with E-state index in [0.717, 1.165) is 33.3 Å². The molecule has 0 radical (unpaired) electrons. The Hall–Kier alpha value is -1.53. The van der Waals surface area contributed by atoms with Gasteiger partial charge in [-0.3, -0.25) is 4.57 Å². The quantitative estimate of drug-likeness (QED) is 0.675. The third kappa shape index (κ3) is 1.91. The van der Waals surface area contributed by atoms with Crippen molar-refractivity contribution in [1.82, 2.24) is 0 Å². The summed E-state index contributed by atoms with van der Waals surface area (Å²) in [4.78, 5) is 0. The minimum Gasteiger partial charge on any atom is -0.441 e. The monoisotopic (exact) mass is 272 g/mol. The summed E-state index contributed by atoms with van der Waals surface area (Å²) < 4.78 is 18.1. The molecule has 2 nitrogen and oxygen atoms in total. The first-order valence-corrected chi connectivity index (χ1v) is 7.74. The molecule has 1 unspecified atom stereocenters. The summed E-state index contributed by atoms with van der Waals surface area (Å²) in [6.07, 6.45) is 0. The molecule has 0 aromatic heterocycles. The van der Waals surface area contributed by atoms with Gasteiger partial charge in [-0.15, -0.1) is 0 Å². The van der Waals surface area contributed by atoms with E-state index >= 15 is 0 Å². The molecular weight excluding hydrogens is 255 g/mol. The molecule has 3 rings (SSSR count). The van der Waals surface area contributed by atoms with Crippen LogP contribution in [0.25, 0.3) is 11.1 Å². The van der Waals surface area contributed by atoms with Crippen molar-refractivity contribution in [3.63, 3.8) is 0 Å². The van der Waals surface area contributed by atoms with E-state index in [1.165, 1.54) is 11.1 Å². The summed E-state index contributed by atoms with van der Waals surface area (Å²) in [5.74, 6) is 0.786. The molecule has 0 amide bonds. The number of hydrogen-bond donors (Lipinski definition) is 0. The number of hydrogen-bond acceptors (Lipinski definition) is 2. The SMILES string of the molecule is Cc1cc(C)c2c(c1)-c1c(C)cc(C)cc1[PH](=O)O2. The van der Waals surface area contributed by atoms with E-state index in [1.807, 2.05) is 19.9 Å². The number of fused-ring (bicyclic) bond motifs is 3. The van der Waals surface area contributed by atoms with Gasteiger partial charge in [0.15, 0.2) is 0 Å². The zero-order valence-corrected chi connectivity index (χ0v) is 12.6. The van der Waals surface area contributed by atoms with Crippen molar-refractivity contribution in [2.45, 2.75) is 27.7 Å². The molecule has 0 saturated carbocycles. The van der Waals surface area contributed by atoms with Crippen molar-refractivity contribution in [3.05, 3.63) is 46.5 Å². The van der Waals surface area contributed by atoms with Crippen LogP contribution in [0.2, 0.25) is 0 Å². The maximum atomic E-state index is 12.4. The molecule has 0 saturated heterocycles. The summed E-state index contributed by atoms with van der Waals surface area (Å²) in [5.41, 5.74) is 6.73. The summed E-state index contributed by atoms with van der Waals surface area (Å²) in [6, 6.07) is 8.32. The second-order valence-corrected chi connectivity index (χ2v) is 6.67. The third-order valence-corrected chi connectivity index (χ3v) is 4.81. The highest BCUT2D eigenvalue weighted by molar-refractivity contribution is 7.49. The molecule has 0 fully saturated rings. The third-order valence-electron chi connectivity index (χ3n) is 3.58. The minimum absolute atomic E-state index is 0.786. The molecule has 0 N–H and O–H groups in total. The molecule has 19 heavy (non-hydrogen) atoms. The molecule has 1 aliphatic rings. The fraction of sp³-hybridized carbons (Fsp3) is 0.250. The normalized spacial score (nSPS) is 16.5. The summed E-state index contributed by atoms with van der Waals surface area (Å²) in [7, 11) is -2.19. The molecule has 0 bridgehead atoms. The minimum atomic E-state index is -2.19. The zero-order valence-electron chi connectivity index (χ0n) is 11.6. The molecule has 98 valence electrons. The maximum Gasteiger partial charge on any atom is 0.266 e. The molecule has 2 aromatic rings. The number of benzene rings is 2. The lowest BCUT2D eigenvalue weighted by Gasteiger charge is -2.24. The van der Waals surface area contributed by atoms with E-state index in [2.05, 4.69) is 32.0 Å². The van der Waals surface area contributed by atoms with Crippen LogP contribution in [0.1, 0.15) is 22.3 Å². The van der Waals surface area contributed by atoms with Crippen LogP contribution in [-0.4, -0.2) is 0 Å². The van der Waals surface area contributed by atoms with Crippen molar-refractivity contribution < 1.29 is 9.09 Å². The van der Waals surface area contributed by atoms with Gasteiger partial charge in [0.1, 0.15) is 5.75 Å². The van der Waals surface area contributed by atoms with Crippen molar-refractivity contribution in [2.24, 2.45) is 0 Å². The Kier molecular flexibility index (Phi) is 2.79. The van der Waals surface area contributed by atoms with Gasteiger partial charge in [-0.05, 0) is 62.1 Å². The Bertz CT molecular complexity index is 717. The fourth-order valence-electron chi connectivity index (χ4n) is 2.91. The highest BCUT2D eigenvalue weighted by atomic mass is 31.1. The van der Waals surface area contributed by atoms with E-state index in [1.54, 1.807) is 0 Å². The molecule has 1 atom stereocenters. The number of rotatable bonds is 0. The van der Waals surface area contributed by atoms with Gasteiger partial charge in [-0.1, -0.05) is 12.1 Å². The summed E-state index contributed by atoms with van der Waals surface area (Å²) in [5, 5.41) is 0.861. The fourth-order valence-corrected chi connectivity index (χ4v) is 4.36. The maximum absolute atomic E-state index is 12.4. The Balaban J connectivity index is 2.41. The van der Waals surface area contributed by atoms with E-state index in [9.17, 15) is 4.57 Å². The van der Waals surface area contributed by atoms with Gasteiger partial charge in [0.25, 0.3) is 8.03 Å². The van der Waals surface area contributed by atoms with Gasteiger partial charge in [-0.25, -0.2) is 0 Å². The van der Waals surface area contributed by atoms with E-state index < -0.39 is 8.03 Å². The van der Waals surface area contributed by atoms with Crippen LogP contribution in [0.3, 0.4) is 0 Å². The molecule has 3 heteroatoms. The van der Waals surface area contributed by atoms with Crippen LogP contribution in [0.5, 0.6) is 5.75 Å². The first-order valence-electron chi connectivity index (χ1n) is 6.42. The predicted molar refractivity (Wildman–Crippen MR) is 80.1 cm³/mol. The van der Waals surface area contributed by atoms with Crippen molar-refractivity contribution in [3.8, 4) is 16.9 Å². The molecule has 1 aliphatic heterocycles. The largest absolute Gasteiger partial charge is 0.441 e. The molecule has 0 aliphatic carbocycles. The first-order chi connectivity index (χ1) is 8.97. The Morgan fingerprint density at radius 2 is 1.53 bits per heavy atom. The van der Waals surface area contributed by atoms with Gasteiger partial charge in [0.2, 0.25) is 0 Å². The highest BCUT2D eigenvalue weighted by Crippen LogP contribution is 2.46. The number of aryl methyl sites for hydroxylation is 4. The Labute approximate surface area is 114 Å². The topological polar surface area (TPSA) is 26.3 Å². The van der Waals surface area contributed by atoms with Gasteiger partial charge in [0.05, 0.1) is 5.30 Å². The summed E-state index contributed by atoms with van der Waals surface area (Å²) in [6.45, 7) is 8.19. The molecular formula is C16H17O2P. The first kappa shape index (κ1) is 12.5. The average Bonchev–Trinajstić information content (AvgIpc) is 2.30. The van der Waals surface area contributed by atoms with Gasteiger partial charge in [0, 0.05) is 11.1 Å². The Morgan fingerprint density at radius 1 is 0.895 bits per heavy atom.